The summed E-state index contributed by atoms with van der Waals surface area (Å²) in [5.41, 5.74) is 1.57. The van der Waals surface area contributed by atoms with E-state index in [-0.39, 0.29) is 30.3 Å². The molecule has 0 aliphatic carbocycles. The van der Waals surface area contributed by atoms with Gasteiger partial charge in [0.25, 0.3) is 0 Å². The maximum absolute atomic E-state index is 12.3. The minimum absolute atomic E-state index is 0.139. The number of furan rings is 2. The Bertz CT molecular complexity index is 886. The van der Waals surface area contributed by atoms with Gasteiger partial charge in [0, 0.05) is 10.9 Å². The van der Waals surface area contributed by atoms with Gasteiger partial charge in [0.05, 0.1) is 12.9 Å². The number of para-hydroxylation sites is 1. The van der Waals surface area contributed by atoms with E-state index in [1.807, 2.05) is 18.2 Å². The Kier molecular flexibility index (Phi) is 4.37. The van der Waals surface area contributed by atoms with E-state index in [1.165, 1.54) is 12.3 Å². The van der Waals surface area contributed by atoms with Gasteiger partial charge in [0.1, 0.15) is 11.1 Å². The topological polar surface area (TPSA) is 78.9 Å². The molecule has 24 heavy (non-hydrogen) atoms. The number of rotatable bonds is 5. The molecule has 0 aliphatic heterocycles. The number of benzene rings is 1. The van der Waals surface area contributed by atoms with E-state index >= 15 is 0 Å². The van der Waals surface area contributed by atoms with Crippen LogP contribution in [-0.4, -0.2) is 18.5 Å². The van der Waals surface area contributed by atoms with Crippen molar-refractivity contribution in [2.45, 2.75) is 20.5 Å². The van der Waals surface area contributed by atoms with Crippen molar-refractivity contribution in [2.75, 3.05) is 6.61 Å². The van der Waals surface area contributed by atoms with Crippen LogP contribution in [0.1, 0.15) is 39.2 Å². The van der Waals surface area contributed by atoms with Crippen LogP contribution in [0.15, 0.2) is 45.4 Å². The second kappa shape index (κ2) is 6.62. The number of aryl methyl sites for hydroxylation is 1. The van der Waals surface area contributed by atoms with Gasteiger partial charge in [-0.2, -0.15) is 0 Å². The Morgan fingerprint density at radius 3 is 2.62 bits per heavy atom. The Labute approximate surface area is 137 Å². The molecule has 0 fully saturated rings. The molecule has 0 N–H and O–H groups in total. The summed E-state index contributed by atoms with van der Waals surface area (Å²) in [7, 11) is 0. The van der Waals surface area contributed by atoms with Gasteiger partial charge in [-0.25, -0.2) is 9.59 Å². The van der Waals surface area contributed by atoms with Crippen molar-refractivity contribution in [3.63, 3.8) is 0 Å². The SMILES string of the molecule is CCOC(=O)c1ccoc1COC(=O)c1oc2ccccc2c1C. The highest BCUT2D eigenvalue weighted by molar-refractivity contribution is 5.96. The maximum Gasteiger partial charge on any atom is 0.375 e. The summed E-state index contributed by atoms with van der Waals surface area (Å²) in [6.45, 7) is 3.57. The van der Waals surface area contributed by atoms with E-state index in [0.29, 0.717) is 11.1 Å². The number of esters is 2. The quantitative estimate of drug-likeness (QED) is 0.662. The highest BCUT2D eigenvalue weighted by atomic mass is 16.6. The smallest absolute Gasteiger partial charge is 0.375 e. The van der Waals surface area contributed by atoms with Crippen LogP contribution in [0, 0.1) is 6.92 Å². The lowest BCUT2D eigenvalue weighted by Crippen LogP contribution is -2.09. The highest BCUT2D eigenvalue weighted by Crippen LogP contribution is 2.26. The third-order valence-electron chi connectivity index (χ3n) is 3.60. The van der Waals surface area contributed by atoms with E-state index < -0.39 is 11.9 Å². The van der Waals surface area contributed by atoms with Crippen LogP contribution < -0.4 is 0 Å². The predicted octanol–water partition coefficient (Wildman–Crippen LogP) is 3.87. The van der Waals surface area contributed by atoms with Crippen LogP contribution in [0.5, 0.6) is 0 Å². The molecular formula is C18H16O6. The molecule has 0 radical (unpaired) electrons. The van der Waals surface area contributed by atoms with Crippen molar-refractivity contribution in [1.29, 1.82) is 0 Å². The minimum atomic E-state index is -0.616. The molecular weight excluding hydrogens is 312 g/mol. The number of hydrogen-bond donors (Lipinski definition) is 0. The second-order valence-electron chi connectivity index (χ2n) is 5.11. The van der Waals surface area contributed by atoms with Crippen LogP contribution in [0.25, 0.3) is 11.0 Å². The molecule has 3 rings (SSSR count). The summed E-state index contributed by atoms with van der Waals surface area (Å²) in [4.78, 5) is 24.0. The molecule has 6 nitrogen and oxygen atoms in total. The van der Waals surface area contributed by atoms with Gasteiger partial charge >= 0.3 is 11.9 Å². The van der Waals surface area contributed by atoms with E-state index in [1.54, 1.807) is 19.9 Å². The Balaban J connectivity index is 1.75. The third kappa shape index (κ3) is 2.90. The first-order valence-corrected chi connectivity index (χ1v) is 7.50. The fourth-order valence-electron chi connectivity index (χ4n) is 2.41. The Morgan fingerprint density at radius 1 is 1.08 bits per heavy atom. The van der Waals surface area contributed by atoms with Gasteiger partial charge < -0.3 is 18.3 Å². The van der Waals surface area contributed by atoms with E-state index in [0.717, 1.165) is 5.39 Å². The first-order chi connectivity index (χ1) is 11.6. The third-order valence-corrected chi connectivity index (χ3v) is 3.60. The van der Waals surface area contributed by atoms with Gasteiger partial charge in [0.2, 0.25) is 5.76 Å². The standard InChI is InChI=1S/C18H16O6/c1-3-21-17(19)13-8-9-22-15(13)10-23-18(20)16-11(2)12-6-4-5-7-14(12)24-16/h4-9H,3,10H2,1-2H3. The lowest BCUT2D eigenvalue weighted by atomic mass is 10.1. The molecule has 0 bridgehead atoms. The molecule has 6 heteroatoms. The maximum atomic E-state index is 12.3. The summed E-state index contributed by atoms with van der Waals surface area (Å²) in [6, 6.07) is 8.83. The molecule has 0 aliphatic rings. The van der Waals surface area contributed by atoms with E-state index in [2.05, 4.69) is 0 Å². The minimum Gasteiger partial charge on any atom is -0.465 e. The van der Waals surface area contributed by atoms with Crippen LogP contribution in [-0.2, 0) is 16.1 Å². The molecule has 124 valence electrons. The Morgan fingerprint density at radius 2 is 1.88 bits per heavy atom. The van der Waals surface area contributed by atoms with Gasteiger partial charge in [-0.05, 0) is 26.0 Å². The summed E-state index contributed by atoms with van der Waals surface area (Å²) in [5.74, 6) is -0.761. The molecule has 0 amide bonds. The van der Waals surface area contributed by atoms with Crippen LogP contribution >= 0.6 is 0 Å². The number of carbonyl (C=O) groups is 2. The fourth-order valence-corrected chi connectivity index (χ4v) is 2.41. The normalized spacial score (nSPS) is 10.8. The zero-order valence-electron chi connectivity index (χ0n) is 13.3. The van der Waals surface area contributed by atoms with Crippen LogP contribution in [0.4, 0.5) is 0 Å². The number of fused-ring (bicyclic) bond motifs is 1. The molecule has 0 saturated heterocycles. The van der Waals surface area contributed by atoms with Gasteiger partial charge in [-0.3, -0.25) is 0 Å². The molecule has 1 aromatic carbocycles. The van der Waals surface area contributed by atoms with Gasteiger partial charge in [0.15, 0.2) is 12.4 Å². The van der Waals surface area contributed by atoms with E-state index in [9.17, 15) is 9.59 Å². The first kappa shape index (κ1) is 15.9. The summed E-state index contributed by atoms with van der Waals surface area (Å²) < 4.78 is 20.9. The second-order valence-corrected chi connectivity index (χ2v) is 5.11. The fraction of sp³-hybridized carbons (Fsp3) is 0.222. The summed E-state index contributed by atoms with van der Waals surface area (Å²) in [5, 5.41) is 0.856. The van der Waals surface area contributed by atoms with Crippen molar-refractivity contribution in [3.05, 3.63) is 59.2 Å². The monoisotopic (exact) mass is 328 g/mol. The van der Waals surface area contributed by atoms with Crippen LogP contribution in [0.2, 0.25) is 0 Å². The predicted molar refractivity (Wildman–Crippen MR) is 84.7 cm³/mol. The molecule has 0 spiro atoms. The van der Waals surface area contributed by atoms with Crippen molar-refractivity contribution >= 4 is 22.9 Å². The molecule has 2 heterocycles. The van der Waals surface area contributed by atoms with Crippen molar-refractivity contribution in [3.8, 4) is 0 Å². The highest BCUT2D eigenvalue weighted by Gasteiger charge is 2.21. The average Bonchev–Trinajstić information content (AvgIpc) is 3.18. The average molecular weight is 328 g/mol. The van der Waals surface area contributed by atoms with Crippen LogP contribution in [0.3, 0.4) is 0 Å². The number of ether oxygens (including phenoxy) is 2. The molecule has 3 aromatic rings. The molecule has 0 saturated carbocycles. The van der Waals surface area contributed by atoms with Crippen molar-refractivity contribution in [2.24, 2.45) is 0 Å². The van der Waals surface area contributed by atoms with E-state index in [4.69, 9.17) is 18.3 Å². The molecule has 0 unspecified atom stereocenters. The van der Waals surface area contributed by atoms with Crippen molar-refractivity contribution in [1.82, 2.24) is 0 Å². The lowest BCUT2D eigenvalue weighted by Gasteiger charge is -2.04. The molecule has 0 atom stereocenters. The summed E-state index contributed by atoms with van der Waals surface area (Å²) in [6.07, 6.45) is 1.35. The lowest BCUT2D eigenvalue weighted by molar-refractivity contribution is 0.0393. The zero-order chi connectivity index (χ0) is 17.1. The van der Waals surface area contributed by atoms with Crippen molar-refractivity contribution < 1.29 is 27.9 Å². The largest absolute Gasteiger partial charge is 0.465 e. The molecule has 2 aromatic heterocycles. The number of hydrogen-bond acceptors (Lipinski definition) is 6. The van der Waals surface area contributed by atoms with Gasteiger partial charge in [-0.1, -0.05) is 18.2 Å². The van der Waals surface area contributed by atoms with Gasteiger partial charge in [-0.15, -0.1) is 0 Å². The first-order valence-electron chi connectivity index (χ1n) is 7.50. The Hall–Kier alpha value is -3.02. The number of carbonyl (C=O) groups excluding carboxylic acids is 2. The summed E-state index contributed by atoms with van der Waals surface area (Å²) >= 11 is 0. The zero-order valence-corrected chi connectivity index (χ0v) is 13.3.